The molecule has 0 aliphatic carbocycles. The molecule has 0 saturated carbocycles. The van der Waals surface area contributed by atoms with Crippen LogP contribution in [0.5, 0.6) is 0 Å². The maximum atomic E-state index is 11.6. The summed E-state index contributed by atoms with van der Waals surface area (Å²) in [5, 5.41) is 0.150. The lowest BCUT2D eigenvalue weighted by Crippen LogP contribution is -2.17. The molecule has 8 nitrogen and oxygen atoms in total. The van der Waals surface area contributed by atoms with Crippen molar-refractivity contribution in [3.63, 3.8) is 0 Å². The normalized spacial score (nSPS) is 17.8. The first kappa shape index (κ1) is 16.5. The second-order valence-corrected chi connectivity index (χ2v) is 7.12. The van der Waals surface area contributed by atoms with E-state index < -0.39 is 0 Å². The Morgan fingerprint density at radius 2 is 2.04 bits per heavy atom. The van der Waals surface area contributed by atoms with E-state index >= 15 is 0 Å². The van der Waals surface area contributed by atoms with Crippen molar-refractivity contribution >= 4 is 33.8 Å². The summed E-state index contributed by atoms with van der Waals surface area (Å²) < 4.78 is 7.80. The van der Waals surface area contributed by atoms with Gasteiger partial charge in [0.05, 0.1) is 17.4 Å². The fraction of sp³-hybridized carbons (Fsp3) is 0.333. The third-order valence-corrected chi connectivity index (χ3v) is 5.15. The van der Waals surface area contributed by atoms with Crippen LogP contribution in [0, 0.1) is 6.92 Å². The van der Waals surface area contributed by atoms with Crippen LogP contribution in [-0.4, -0.2) is 36.1 Å². The molecule has 3 aromatic heterocycles. The van der Waals surface area contributed by atoms with Crippen LogP contribution in [0.1, 0.15) is 31.1 Å². The average Bonchev–Trinajstić information content (AvgIpc) is 3.23. The standard InChI is InChI=1S/C18H17ClN6O2/c1-9-6-11-12(22-18(26)21-11)7-10(9)14-15-16(24-17(19)23-14)25(8-20-15)13-4-2-3-5-27-13/h6-8,13H,2-5H2,1H3,(H2,21,22,26). The number of aryl methyl sites for hydroxylation is 1. The molecule has 1 saturated heterocycles. The molecular weight excluding hydrogens is 368 g/mol. The largest absolute Gasteiger partial charge is 0.358 e. The van der Waals surface area contributed by atoms with Crippen LogP contribution in [0.2, 0.25) is 5.28 Å². The SMILES string of the molecule is Cc1cc2[nH]c(=O)[nH]c2cc1-c1nc(Cl)nc2c1ncn2C1CCCCO1. The van der Waals surface area contributed by atoms with Gasteiger partial charge in [-0.25, -0.2) is 14.8 Å². The second kappa shape index (κ2) is 6.17. The van der Waals surface area contributed by atoms with E-state index in [0.717, 1.165) is 42.5 Å². The topological polar surface area (TPSA) is 101 Å². The zero-order valence-corrected chi connectivity index (χ0v) is 15.4. The van der Waals surface area contributed by atoms with Crippen LogP contribution in [0.15, 0.2) is 23.3 Å². The van der Waals surface area contributed by atoms with E-state index in [9.17, 15) is 4.79 Å². The van der Waals surface area contributed by atoms with Gasteiger partial charge in [0.15, 0.2) is 5.65 Å². The number of aromatic nitrogens is 6. The number of halogens is 1. The lowest BCUT2D eigenvalue weighted by Gasteiger charge is -2.23. The van der Waals surface area contributed by atoms with Gasteiger partial charge in [-0.2, -0.15) is 4.98 Å². The molecule has 27 heavy (non-hydrogen) atoms. The first-order chi connectivity index (χ1) is 13.1. The third kappa shape index (κ3) is 2.72. The molecule has 2 N–H and O–H groups in total. The lowest BCUT2D eigenvalue weighted by atomic mass is 10.0. The molecule has 4 aromatic rings. The number of H-pyrrole nitrogens is 2. The van der Waals surface area contributed by atoms with E-state index in [2.05, 4.69) is 24.9 Å². The molecule has 1 aliphatic rings. The fourth-order valence-electron chi connectivity index (χ4n) is 3.68. The first-order valence-corrected chi connectivity index (χ1v) is 9.22. The molecule has 1 aliphatic heterocycles. The van der Waals surface area contributed by atoms with Crippen LogP contribution in [0.3, 0.4) is 0 Å². The maximum Gasteiger partial charge on any atom is 0.323 e. The highest BCUT2D eigenvalue weighted by Crippen LogP contribution is 2.33. The van der Waals surface area contributed by atoms with Crippen molar-refractivity contribution in [2.75, 3.05) is 6.61 Å². The molecule has 5 rings (SSSR count). The average molecular weight is 385 g/mol. The second-order valence-electron chi connectivity index (χ2n) is 6.78. The molecule has 1 unspecified atom stereocenters. The zero-order valence-electron chi connectivity index (χ0n) is 14.6. The van der Waals surface area contributed by atoms with Gasteiger partial charge in [-0.3, -0.25) is 4.57 Å². The van der Waals surface area contributed by atoms with Gasteiger partial charge in [0.2, 0.25) is 5.28 Å². The van der Waals surface area contributed by atoms with Crippen molar-refractivity contribution < 1.29 is 4.74 Å². The summed E-state index contributed by atoms with van der Waals surface area (Å²) in [7, 11) is 0. The van der Waals surface area contributed by atoms with Gasteiger partial charge in [-0.15, -0.1) is 0 Å². The molecule has 1 fully saturated rings. The Bertz CT molecular complexity index is 1220. The highest BCUT2D eigenvalue weighted by atomic mass is 35.5. The predicted molar refractivity (Wildman–Crippen MR) is 102 cm³/mol. The van der Waals surface area contributed by atoms with Crippen molar-refractivity contribution in [2.45, 2.75) is 32.4 Å². The van der Waals surface area contributed by atoms with Gasteiger partial charge in [-0.1, -0.05) is 0 Å². The summed E-state index contributed by atoms with van der Waals surface area (Å²) in [6.45, 7) is 2.69. The van der Waals surface area contributed by atoms with Gasteiger partial charge in [0, 0.05) is 12.2 Å². The highest BCUT2D eigenvalue weighted by molar-refractivity contribution is 6.28. The minimum absolute atomic E-state index is 0.0906. The summed E-state index contributed by atoms with van der Waals surface area (Å²) in [4.78, 5) is 30.6. The molecule has 0 radical (unpaired) electrons. The van der Waals surface area contributed by atoms with Crippen LogP contribution in [0.25, 0.3) is 33.5 Å². The van der Waals surface area contributed by atoms with Crippen LogP contribution < -0.4 is 5.69 Å². The summed E-state index contributed by atoms with van der Waals surface area (Å²) >= 11 is 6.25. The summed E-state index contributed by atoms with van der Waals surface area (Å²) in [5.74, 6) is 0. The van der Waals surface area contributed by atoms with E-state index in [1.54, 1.807) is 6.33 Å². The number of benzene rings is 1. The number of hydrogen-bond donors (Lipinski definition) is 2. The maximum absolute atomic E-state index is 11.6. The fourth-order valence-corrected chi connectivity index (χ4v) is 3.84. The van der Waals surface area contributed by atoms with Gasteiger partial charge in [0.1, 0.15) is 17.4 Å². The lowest BCUT2D eigenvalue weighted by molar-refractivity contribution is -0.0298. The number of fused-ring (bicyclic) bond motifs is 2. The number of nitrogens with one attached hydrogen (secondary N) is 2. The Hall–Kier alpha value is -2.71. The van der Waals surface area contributed by atoms with Crippen LogP contribution in [-0.2, 0) is 4.74 Å². The smallest absolute Gasteiger partial charge is 0.323 e. The number of ether oxygens (including phenoxy) is 1. The minimum atomic E-state index is -0.244. The van der Waals surface area contributed by atoms with E-state index in [1.807, 2.05) is 23.6 Å². The van der Waals surface area contributed by atoms with Crippen molar-refractivity contribution in [1.29, 1.82) is 0 Å². The van der Waals surface area contributed by atoms with Crippen molar-refractivity contribution in [3.8, 4) is 11.3 Å². The summed E-state index contributed by atoms with van der Waals surface area (Å²) in [5.41, 5.74) is 4.97. The van der Waals surface area contributed by atoms with Gasteiger partial charge >= 0.3 is 5.69 Å². The Balaban J connectivity index is 1.72. The Morgan fingerprint density at radius 1 is 1.22 bits per heavy atom. The molecule has 9 heteroatoms. The van der Waals surface area contributed by atoms with E-state index in [0.29, 0.717) is 22.4 Å². The van der Waals surface area contributed by atoms with E-state index in [-0.39, 0.29) is 17.2 Å². The van der Waals surface area contributed by atoms with Crippen molar-refractivity contribution in [2.24, 2.45) is 0 Å². The molecule has 0 amide bonds. The molecule has 138 valence electrons. The molecule has 0 bridgehead atoms. The first-order valence-electron chi connectivity index (χ1n) is 8.85. The Morgan fingerprint density at radius 3 is 2.81 bits per heavy atom. The Kier molecular flexibility index (Phi) is 3.76. The van der Waals surface area contributed by atoms with Gasteiger partial charge < -0.3 is 14.7 Å². The molecular formula is C18H17ClN6O2. The van der Waals surface area contributed by atoms with E-state index in [1.165, 1.54) is 0 Å². The van der Waals surface area contributed by atoms with Crippen molar-refractivity contribution in [3.05, 3.63) is 39.8 Å². The molecule has 4 heterocycles. The van der Waals surface area contributed by atoms with E-state index in [4.69, 9.17) is 16.3 Å². The molecule has 1 aromatic carbocycles. The van der Waals surface area contributed by atoms with Gasteiger partial charge in [0.25, 0.3) is 0 Å². The number of aromatic amines is 2. The molecule has 0 spiro atoms. The zero-order chi connectivity index (χ0) is 18.5. The van der Waals surface area contributed by atoms with Crippen LogP contribution >= 0.6 is 11.6 Å². The van der Waals surface area contributed by atoms with Crippen molar-refractivity contribution in [1.82, 2.24) is 29.5 Å². The summed E-state index contributed by atoms with van der Waals surface area (Å²) in [6.07, 6.45) is 4.73. The number of imidazole rings is 2. The number of hydrogen-bond acceptors (Lipinski definition) is 5. The molecule has 1 atom stereocenters. The van der Waals surface area contributed by atoms with Gasteiger partial charge in [-0.05, 0) is 55.5 Å². The van der Waals surface area contributed by atoms with Crippen LogP contribution in [0.4, 0.5) is 0 Å². The number of nitrogens with zero attached hydrogens (tertiary/aromatic N) is 4. The predicted octanol–water partition coefficient (Wildman–Crippen LogP) is 3.32. The number of rotatable bonds is 2. The monoisotopic (exact) mass is 384 g/mol. The summed E-state index contributed by atoms with van der Waals surface area (Å²) in [6, 6.07) is 3.79. The third-order valence-electron chi connectivity index (χ3n) is 4.98. The quantitative estimate of drug-likeness (QED) is 0.516. The Labute approximate surface area is 158 Å². The minimum Gasteiger partial charge on any atom is -0.358 e. The highest BCUT2D eigenvalue weighted by Gasteiger charge is 2.22.